The fourth-order valence-electron chi connectivity index (χ4n) is 2.52. The Kier molecular flexibility index (Phi) is 7.44. The van der Waals surface area contributed by atoms with Crippen molar-refractivity contribution in [2.45, 2.75) is 19.2 Å². The molecule has 3 nitrogen and oxygen atoms in total. The highest BCUT2D eigenvalue weighted by molar-refractivity contribution is 5.18. The Morgan fingerprint density at radius 2 is 1.79 bits per heavy atom. The van der Waals surface area contributed by atoms with Crippen molar-refractivity contribution in [2.75, 3.05) is 19.8 Å². The fourth-order valence-corrected chi connectivity index (χ4v) is 2.52. The van der Waals surface area contributed by atoms with E-state index in [2.05, 4.69) is 10.8 Å². The summed E-state index contributed by atoms with van der Waals surface area (Å²) in [6.07, 6.45) is 4.48. The molecule has 0 aliphatic heterocycles. The number of aliphatic hydroxyl groups excluding tert-OH is 1. The van der Waals surface area contributed by atoms with Gasteiger partial charge in [0.25, 0.3) is 0 Å². The van der Waals surface area contributed by atoms with Crippen LogP contribution in [0, 0.1) is 18.2 Å². The molecule has 126 valence electrons. The van der Waals surface area contributed by atoms with Crippen molar-refractivity contribution in [1.29, 1.82) is 0 Å². The van der Waals surface area contributed by atoms with Crippen LogP contribution in [0.5, 0.6) is 0 Å². The van der Waals surface area contributed by atoms with Gasteiger partial charge >= 0.3 is 0 Å². The molecule has 0 unspecified atom stereocenters. The molecule has 0 aromatic heterocycles. The van der Waals surface area contributed by atoms with Crippen LogP contribution in [0.1, 0.15) is 11.1 Å². The first kappa shape index (κ1) is 18.2. The molecule has 4 heteroatoms. The monoisotopic (exact) mass is 327 g/mol. The summed E-state index contributed by atoms with van der Waals surface area (Å²) in [4.78, 5) is 2.06. The summed E-state index contributed by atoms with van der Waals surface area (Å²) in [7, 11) is 0. The number of nitrogens with zero attached hydrogens (tertiary/aromatic N) is 1. The third kappa shape index (κ3) is 6.51. The zero-order chi connectivity index (χ0) is 17.2. The molecule has 2 aromatic rings. The van der Waals surface area contributed by atoms with Crippen molar-refractivity contribution in [2.24, 2.45) is 0 Å². The van der Waals surface area contributed by atoms with Gasteiger partial charge in [-0.05, 0) is 23.3 Å². The summed E-state index contributed by atoms with van der Waals surface area (Å²) in [5.41, 5.74) is 1.99. The van der Waals surface area contributed by atoms with E-state index in [0.29, 0.717) is 19.6 Å². The van der Waals surface area contributed by atoms with E-state index in [1.807, 2.05) is 36.4 Å². The Morgan fingerprint density at radius 3 is 2.50 bits per heavy atom. The number of hydrogen-bond acceptors (Lipinski definition) is 3. The normalized spacial score (nSPS) is 12.1. The van der Waals surface area contributed by atoms with E-state index in [1.165, 1.54) is 12.1 Å². The van der Waals surface area contributed by atoms with E-state index < -0.39 is 6.10 Å². The zero-order valence-corrected chi connectivity index (χ0v) is 13.6. The lowest BCUT2D eigenvalue weighted by molar-refractivity contribution is 0.0243. The Balaban J connectivity index is 2.01. The molecule has 0 spiro atoms. The van der Waals surface area contributed by atoms with Crippen molar-refractivity contribution < 1.29 is 14.2 Å². The van der Waals surface area contributed by atoms with Crippen molar-refractivity contribution in [3.63, 3.8) is 0 Å². The van der Waals surface area contributed by atoms with Crippen LogP contribution in [-0.4, -0.2) is 35.9 Å². The van der Waals surface area contributed by atoms with Crippen LogP contribution in [0.25, 0.3) is 0 Å². The molecule has 0 bridgehead atoms. The summed E-state index contributed by atoms with van der Waals surface area (Å²) in [5.74, 6) is 2.11. The molecule has 2 rings (SSSR count). The van der Waals surface area contributed by atoms with E-state index in [4.69, 9.17) is 11.2 Å². The SMILES string of the molecule is C#CCOC[C@@H](O)CN(Cc1ccccc1)Cc1cccc(F)c1. The van der Waals surface area contributed by atoms with Gasteiger partial charge in [0.2, 0.25) is 0 Å². The Hall–Kier alpha value is -2.19. The number of ether oxygens (including phenoxy) is 1. The van der Waals surface area contributed by atoms with Gasteiger partial charge in [0.05, 0.1) is 12.7 Å². The van der Waals surface area contributed by atoms with Crippen LogP contribution in [0.15, 0.2) is 54.6 Å². The number of halogens is 1. The second-order valence-corrected chi connectivity index (χ2v) is 5.66. The number of aliphatic hydroxyl groups is 1. The van der Waals surface area contributed by atoms with Crippen molar-refractivity contribution in [3.05, 3.63) is 71.5 Å². The van der Waals surface area contributed by atoms with E-state index >= 15 is 0 Å². The summed E-state index contributed by atoms with van der Waals surface area (Å²) >= 11 is 0. The fraction of sp³-hybridized carbons (Fsp3) is 0.300. The van der Waals surface area contributed by atoms with E-state index in [0.717, 1.165) is 11.1 Å². The van der Waals surface area contributed by atoms with Gasteiger partial charge in [-0.1, -0.05) is 48.4 Å². The maximum atomic E-state index is 13.4. The van der Waals surface area contributed by atoms with E-state index in [-0.39, 0.29) is 19.0 Å². The van der Waals surface area contributed by atoms with Crippen LogP contribution in [0.4, 0.5) is 4.39 Å². The minimum atomic E-state index is -0.657. The van der Waals surface area contributed by atoms with Gasteiger partial charge in [0.15, 0.2) is 0 Å². The second-order valence-electron chi connectivity index (χ2n) is 5.66. The molecule has 0 aliphatic carbocycles. The first-order chi connectivity index (χ1) is 11.7. The summed E-state index contributed by atoms with van der Waals surface area (Å²) in [6, 6.07) is 16.5. The molecule has 0 radical (unpaired) electrons. The quantitative estimate of drug-likeness (QED) is 0.568. The molecule has 0 fully saturated rings. The third-order valence-corrected chi connectivity index (χ3v) is 3.51. The number of terminal acetylenes is 1. The Bertz CT molecular complexity index is 654. The zero-order valence-electron chi connectivity index (χ0n) is 13.6. The highest BCUT2D eigenvalue weighted by Crippen LogP contribution is 2.12. The smallest absolute Gasteiger partial charge is 0.123 e. The Morgan fingerprint density at radius 1 is 1.08 bits per heavy atom. The second kappa shape index (κ2) is 9.84. The molecule has 24 heavy (non-hydrogen) atoms. The lowest BCUT2D eigenvalue weighted by atomic mass is 10.1. The van der Waals surface area contributed by atoms with Crippen LogP contribution >= 0.6 is 0 Å². The van der Waals surface area contributed by atoms with Gasteiger partial charge in [-0.15, -0.1) is 6.42 Å². The standard InChI is InChI=1S/C20H22FNO2/c1-2-11-24-16-20(23)15-22(13-17-7-4-3-5-8-17)14-18-9-6-10-19(21)12-18/h1,3-10,12,20,23H,11,13-16H2/t20-/m0/s1. The topological polar surface area (TPSA) is 32.7 Å². The maximum absolute atomic E-state index is 13.4. The first-order valence-corrected chi connectivity index (χ1v) is 7.87. The van der Waals surface area contributed by atoms with Gasteiger partial charge in [-0.2, -0.15) is 0 Å². The number of benzene rings is 2. The predicted octanol–water partition coefficient (Wildman–Crippen LogP) is 2.84. The van der Waals surface area contributed by atoms with Crippen LogP contribution in [0.3, 0.4) is 0 Å². The van der Waals surface area contributed by atoms with Crippen molar-refractivity contribution in [1.82, 2.24) is 4.90 Å². The summed E-state index contributed by atoms with van der Waals surface area (Å²) in [5, 5.41) is 10.1. The lowest BCUT2D eigenvalue weighted by Crippen LogP contribution is -2.34. The molecular weight excluding hydrogens is 305 g/mol. The van der Waals surface area contributed by atoms with Crippen LogP contribution < -0.4 is 0 Å². The predicted molar refractivity (Wildman–Crippen MR) is 92.6 cm³/mol. The largest absolute Gasteiger partial charge is 0.389 e. The Labute approximate surface area is 142 Å². The average molecular weight is 327 g/mol. The number of hydrogen-bond donors (Lipinski definition) is 1. The third-order valence-electron chi connectivity index (χ3n) is 3.51. The van der Waals surface area contributed by atoms with Gasteiger partial charge in [0.1, 0.15) is 12.4 Å². The average Bonchev–Trinajstić information content (AvgIpc) is 2.56. The summed E-state index contributed by atoms with van der Waals surface area (Å²) in [6.45, 7) is 1.97. The first-order valence-electron chi connectivity index (χ1n) is 7.87. The molecular formula is C20H22FNO2. The highest BCUT2D eigenvalue weighted by Gasteiger charge is 2.13. The highest BCUT2D eigenvalue weighted by atomic mass is 19.1. The number of rotatable bonds is 9. The van der Waals surface area contributed by atoms with E-state index in [9.17, 15) is 9.50 Å². The maximum Gasteiger partial charge on any atom is 0.123 e. The molecule has 0 aliphatic rings. The molecule has 0 saturated carbocycles. The van der Waals surface area contributed by atoms with Crippen LogP contribution in [0.2, 0.25) is 0 Å². The molecule has 0 heterocycles. The van der Waals surface area contributed by atoms with Crippen LogP contribution in [-0.2, 0) is 17.8 Å². The van der Waals surface area contributed by atoms with Gasteiger partial charge in [-0.3, -0.25) is 4.90 Å². The molecule has 0 saturated heterocycles. The molecule has 1 atom stereocenters. The van der Waals surface area contributed by atoms with Gasteiger partial charge in [0, 0.05) is 19.6 Å². The molecule has 0 amide bonds. The van der Waals surface area contributed by atoms with E-state index in [1.54, 1.807) is 6.07 Å². The minimum Gasteiger partial charge on any atom is -0.389 e. The minimum absolute atomic E-state index is 0.179. The van der Waals surface area contributed by atoms with Crippen molar-refractivity contribution >= 4 is 0 Å². The van der Waals surface area contributed by atoms with Gasteiger partial charge in [-0.25, -0.2) is 4.39 Å². The molecule has 1 N–H and O–H groups in total. The van der Waals surface area contributed by atoms with Crippen molar-refractivity contribution in [3.8, 4) is 12.3 Å². The lowest BCUT2D eigenvalue weighted by Gasteiger charge is -2.25. The molecule has 2 aromatic carbocycles. The summed E-state index contributed by atoms with van der Waals surface area (Å²) < 4.78 is 18.6. The van der Waals surface area contributed by atoms with Gasteiger partial charge < -0.3 is 9.84 Å².